The van der Waals surface area contributed by atoms with Gasteiger partial charge in [-0.05, 0) is 25.8 Å². The summed E-state index contributed by atoms with van der Waals surface area (Å²) in [6, 6.07) is 0. The molecule has 1 fully saturated rings. The lowest BCUT2D eigenvalue weighted by Crippen LogP contribution is -2.35. The summed E-state index contributed by atoms with van der Waals surface area (Å²) in [7, 11) is 0. The lowest BCUT2D eigenvalue weighted by molar-refractivity contribution is 0.230. The van der Waals surface area contributed by atoms with E-state index in [1.165, 1.54) is 0 Å². The van der Waals surface area contributed by atoms with Gasteiger partial charge in [0.05, 0.1) is 12.9 Å². The van der Waals surface area contributed by atoms with Gasteiger partial charge in [0.2, 0.25) is 0 Å². The van der Waals surface area contributed by atoms with Crippen molar-refractivity contribution in [1.29, 1.82) is 0 Å². The predicted molar refractivity (Wildman–Crippen MR) is 53.9 cm³/mol. The van der Waals surface area contributed by atoms with Gasteiger partial charge in [0.1, 0.15) is 0 Å². The largest absolute Gasteiger partial charge is 0.394 e. The van der Waals surface area contributed by atoms with E-state index in [9.17, 15) is 0 Å². The molecular formula is C10H17N3O. The maximum absolute atomic E-state index is 9.06. The van der Waals surface area contributed by atoms with Crippen LogP contribution in [-0.2, 0) is 6.54 Å². The second-order valence-electron chi connectivity index (χ2n) is 4.02. The van der Waals surface area contributed by atoms with Crippen LogP contribution in [0.5, 0.6) is 0 Å². The molecule has 0 atom stereocenters. The zero-order valence-corrected chi connectivity index (χ0v) is 8.32. The Hall–Kier alpha value is -0.870. The van der Waals surface area contributed by atoms with E-state index in [0.717, 1.165) is 32.4 Å². The highest BCUT2D eigenvalue weighted by Crippen LogP contribution is 2.34. The first kappa shape index (κ1) is 9.68. The van der Waals surface area contributed by atoms with Crippen LogP contribution in [-0.4, -0.2) is 33.3 Å². The lowest BCUT2D eigenvalue weighted by Gasteiger charge is -2.13. The van der Waals surface area contributed by atoms with Gasteiger partial charge in [0.15, 0.2) is 0 Å². The van der Waals surface area contributed by atoms with Gasteiger partial charge in [-0.15, -0.1) is 0 Å². The zero-order chi connectivity index (χ0) is 9.86. The predicted octanol–water partition coefficient (Wildman–Crippen LogP) is 0.388. The number of imidazole rings is 1. The average Bonchev–Trinajstić information content (AvgIpc) is 2.81. The number of aliphatic hydroxyl groups is 1. The molecule has 78 valence electrons. The van der Waals surface area contributed by atoms with E-state index >= 15 is 0 Å². The summed E-state index contributed by atoms with van der Waals surface area (Å²) in [5.74, 6) is 0. The van der Waals surface area contributed by atoms with Gasteiger partial charge in [0.25, 0.3) is 0 Å². The van der Waals surface area contributed by atoms with Crippen molar-refractivity contribution in [3.63, 3.8) is 0 Å². The van der Waals surface area contributed by atoms with Gasteiger partial charge in [-0.1, -0.05) is 0 Å². The summed E-state index contributed by atoms with van der Waals surface area (Å²) < 4.78 is 2.07. The molecule has 1 aromatic rings. The number of hydrogen-bond acceptors (Lipinski definition) is 3. The maximum atomic E-state index is 9.06. The van der Waals surface area contributed by atoms with Crippen LogP contribution < -0.4 is 5.32 Å². The van der Waals surface area contributed by atoms with Crippen LogP contribution in [0.15, 0.2) is 18.7 Å². The molecule has 4 heteroatoms. The molecule has 1 saturated carbocycles. The van der Waals surface area contributed by atoms with E-state index in [2.05, 4.69) is 14.9 Å². The third-order valence-electron chi connectivity index (χ3n) is 2.81. The van der Waals surface area contributed by atoms with Gasteiger partial charge in [-0.3, -0.25) is 0 Å². The minimum atomic E-state index is 0.0783. The minimum absolute atomic E-state index is 0.0783. The van der Waals surface area contributed by atoms with Crippen LogP contribution in [0.1, 0.15) is 19.3 Å². The first-order valence-electron chi connectivity index (χ1n) is 5.16. The first-order valence-corrected chi connectivity index (χ1v) is 5.16. The highest BCUT2D eigenvalue weighted by atomic mass is 16.3. The van der Waals surface area contributed by atoms with Crippen molar-refractivity contribution in [2.45, 2.75) is 31.3 Å². The molecule has 0 spiro atoms. The fraction of sp³-hybridized carbons (Fsp3) is 0.700. The molecule has 0 saturated heterocycles. The van der Waals surface area contributed by atoms with Crippen molar-refractivity contribution in [2.75, 3.05) is 13.2 Å². The number of nitrogens with zero attached hydrogens (tertiary/aromatic N) is 2. The monoisotopic (exact) mass is 195 g/mol. The standard InChI is InChI=1S/C10H17N3O/c14-8-10(2-3-10)12-4-1-6-13-7-5-11-9-13/h5,7,9,12,14H,1-4,6,8H2. The number of nitrogens with one attached hydrogen (secondary N) is 1. The molecule has 0 amide bonds. The van der Waals surface area contributed by atoms with Gasteiger partial charge in [0, 0.05) is 24.5 Å². The Balaban J connectivity index is 1.60. The van der Waals surface area contributed by atoms with E-state index in [1.807, 2.05) is 12.5 Å². The van der Waals surface area contributed by atoms with Crippen molar-refractivity contribution in [3.05, 3.63) is 18.7 Å². The van der Waals surface area contributed by atoms with Crippen LogP contribution >= 0.6 is 0 Å². The van der Waals surface area contributed by atoms with Gasteiger partial charge >= 0.3 is 0 Å². The molecule has 14 heavy (non-hydrogen) atoms. The van der Waals surface area contributed by atoms with E-state index < -0.39 is 0 Å². The highest BCUT2D eigenvalue weighted by molar-refractivity contribution is 5.01. The summed E-state index contributed by atoms with van der Waals surface area (Å²) in [6.45, 7) is 2.24. The van der Waals surface area contributed by atoms with Crippen LogP contribution in [0.2, 0.25) is 0 Å². The summed E-state index contributed by atoms with van der Waals surface area (Å²) >= 11 is 0. The Kier molecular flexibility index (Phi) is 2.84. The van der Waals surface area contributed by atoms with E-state index in [0.29, 0.717) is 0 Å². The van der Waals surface area contributed by atoms with Crippen LogP contribution in [0.25, 0.3) is 0 Å². The van der Waals surface area contributed by atoms with Crippen molar-refractivity contribution < 1.29 is 5.11 Å². The molecule has 0 aliphatic heterocycles. The second kappa shape index (κ2) is 4.11. The summed E-state index contributed by atoms with van der Waals surface area (Å²) in [4.78, 5) is 3.98. The summed E-state index contributed by atoms with van der Waals surface area (Å²) in [6.07, 6.45) is 8.92. The molecule has 0 aromatic carbocycles. The third kappa shape index (κ3) is 2.33. The van der Waals surface area contributed by atoms with E-state index in [4.69, 9.17) is 5.11 Å². The van der Waals surface area contributed by atoms with Crippen molar-refractivity contribution in [1.82, 2.24) is 14.9 Å². The van der Waals surface area contributed by atoms with Crippen molar-refractivity contribution in [3.8, 4) is 0 Å². The summed E-state index contributed by atoms with van der Waals surface area (Å²) in [5, 5.41) is 12.5. The molecule has 0 radical (unpaired) electrons. The molecule has 1 heterocycles. The van der Waals surface area contributed by atoms with Crippen LogP contribution in [0, 0.1) is 0 Å². The Labute approximate surface area is 84.0 Å². The second-order valence-corrected chi connectivity index (χ2v) is 4.02. The van der Waals surface area contributed by atoms with Gasteiger partial charge in [-0.25, -0.2) is 4.98 Å². The van der Waals surface area contributed by atoms with Crippen molar-refractivity contribution in [2.24, 2.45) is 0 Å². The molecule has 1 aromatic heterocycles. The normalized spacial score (nSPS) is 18.4. The fourth-order valence-electron chi connectivity index (χ4n) is 1.58. The molecular weight excluding hydrogens is 178 g/mol. The highest BCUT2D eigenvalue weighted by Gasteiger charge is 2.40. The van der Waals surface area contributed by atoms with Crippen LogP contribution in [0.4, 0.5) is 0 Å². The number of aryl methyl sites for hydroxylation is 1. The van der Waals surface area contributed by atoms with E-state index in [1.54, 1.807) is 6.20 Å². The number of aromatic nitrogens is 2. The SMILES string of the molecule is OCC1(NCCCn2ccnc2)CC1. The Morgan fingerprint density at radius 2 is 2.36 bits per heavy atom. The summed E-state index contributed by atoms with van der Waals surface area (Å²) in [5.41, 5.74) is 0.0783. The van der Waals surface area contributed by atoms with Gasteiger partial charge in [-0.2, -0.15) is 0 Å². The molecule has 2 rings (SSSR count). The molecule has 0 unspecified atom stereocenters. The Morgan fingerprint density at radius 1 is 1.50 bits per heavy atom. The smallest absolute Gasteiger partial charge is 0.0945 e. The number of aliphatic hydroxyl groups excluding tert-OH is 1. The maximum Gasteiger partial charge on any atom is 0.0945 e. The molecule has 1 aliphatic carbocycles. The van der Waals surface area contributed by atoms with E-state index in [-0.39, 0.29) is 12.1 Å². The van der Waals surface area contributed by atoms with Gasteiger partial charge < -0.3 is 15.0 Å². The topological polar surface area (TPSA) is 50.1 Å². The quantitative estimate of drug-likeness (QED) is 0.645. The minimum Gasteiger partial charge on any atom is -0.394 e. The fourth-order valence-corrected chi connectivity index (χ4v) is 1.58. The molecule has 2 N–H and O–H groups in total. The zero-order valence-electron chi connectivity index (χ0n) is 8.32. The Morgan fingerprint density at radius 3 is 2.93 bits per heavy atom. The number of rotatable bonds is 6. The Bertz CT molecular complexity index is 267. The first-order chi connectivity index (χ1) is 6.85. The molecule has 0 bridgehead atoms. The average molecular weight is 195 g/mol. The third-order valence-corrected chi connectivity index (χ3v) is 2.81. The molecule has 4 nitrogen and oxygen atoms in total. The van der Waals surface area contributed by atoms with Crippen LogP contribution in [0.3, 0.4) is 0 Å². The molecule has 1 aliphatic rings. The lowest BCUT2D eigenvalue weighted by atomic mass is 10.3. The van der Waals surface area contributed by atoms with Crippen molar-refractivity contribution >= 4 is 0 Å². The number of hydrogen-bond donors (Lipinski definition) is 2.